The molecule has 0 radical (unpaired) electrons. The molecule has 0 aromatic heterocycles. The summed E-state index contributed by atoms with van der Waals surface area (Å²) in [5.41, 5.74) is 4.57. The molecule has 39 heavy (non-hydrogen) atoms. The molecule has 0 bridgehead atoms. The van der Waals surface area contributed by atoms with Gasteiger partial charge < -0.3 is 21.1 Å². The molecule has 1 saturated carbocycles. The fourth-order valence-corrected chi connectivity index (χ4v) is 5.16. The number of nitrogens with one attached hydrogen (secondary N) is 3. The lowest BCUT2D eigenvalue weighted by Crippen LogP contribution is -2.39. The van der Waals surface area contributed by atoms with Gasteiger partial charge in [0.2, 0.25) is 0 Å². The Hall–Kier alpha value is -4.13. The Balaban J connectivity index is 1.52. The highest BCUT2D eigenvalue weighted by Gasteiger charge is 2.21. The monoisotopic (exact) mass is 527 g/mol. The number of aliphatic carboxylic acids is 1. The molecule has 7 nitrogen and oxygen atoms in total. The van der Waals surface area contributed by atoms with Gasteiger partial charge in [0.25, 0.3) is 5.91 Å². The van der Waals surface area contributed by atoms with Gasteiger partial charge in [-0.25, -0.2) is 4.79 Å². The zero-order chi connectivity index (χ0) is 27.6. The van der Waals surface area contributed by atoms with Gasteiger partial charge in [0, 0.05) is 12.1 Å². The van der Waals surface area contributed by atoms with E-state index in [-0.39, 0.29) is 30.9 Å². The van der Waals surface area contributed by atoms with Crippen molar-refractivity contribution in [1.82, 2.24) is 16.0 Å². The summed E-state index contributed by atoms with van der Waals surface area (Å²) in [4.78, 5) is 36.3. The molecule has 0 aliphatic heterocycles. The number of hydrogen-bond donors (Lipinski definition) is 4. The SMILES string of the molecule is C[C@H](NC(=O)NC(c1ccc(C(=O)NCCC(=O)O)cc1)c1ccc(C2CCCCC2)cc1)c1ccccc1. The lowest BCUT2D eigenvalue weighted by Gasteiger charge is -2.24. The summed E-state index contributed by atoms with van der Waals surface area (Å²) in [6, 6.07) is 24.5. The van der Waals surface area contributed by atoms with Crippen molar-refractivity contribution in [3.05, 3.63) is 107 Å². The number of carbonyl (C=O) groups is 3. The van der Waals surface area contributed by atoms with Crippen LogP contribution < -0.4 is 16.0 Å². The molecule has 7 heteroatoms. The van der Waals surface area contributed by atoms with Crippen molar-refractivity contribution >= 4 is 17.9 Å². The van der Waals surface area contributed by atoms with Crippen molar-refractivity contribution in [2.45, 2.75) is 63.5 Å². The van der Waals surface area contributed by atoms with Crippen LogP contribution >= 0.6 is 0 Å². The largest absolute Gasteiger partial charge is 0.481 e. The number of carboxylic acids is 1. The van der Waals surface area contributed by atoms with E-state index in [0.717, 1.165) is 16.7 Å². The normalized spacial score (nSPS) is 15.1. The zero-order valence-corrected chi connectivity index (χ0v) is 22.4. The third-order valence-corrected chi connectivity index (χ3v) is 7.40. The number of amides is 3. The van der Waals surface area contributed by atoms with Gasteiger partial charge in [-0.15, -0.1) is 0 Å². The van der Waals surface area contributed by atoms with Crippen molar-refractivity contribution in [1.29, 1.82) is 0 Å². The molecule has 3 amide bonds. The minimum Gasteiger partial charge on any atom is -0.481 e. The van der Waals surface area contributed by atoms with E-state index in [1.54, 1.807) is 12.1 Å². The first kappa shape index (κ1) is 27.9. The molecule has 204 valence electrons. The lowest BCUT2D eigenvalue weighted by atomic mass is 9.83. The Morgan fingerprint density at radius 1 is 0.795 bits per heavy atom. The standard InChI is InChI=1S/C32H37N3O4/c1-22(23-8-4-2-5-9-23)34-32(39)35-30(26-14-12-25(13-15-26)24-10-6-3-7-11-24)27-16-18-28(19-17-27)31(38)33-21-20-29(36)37/h2,4-5,8-9,12-19,22,24,30H,3,6-7,10-11,20-21H2,1H3,(H,33,38)(H,36,37)(H2,34,35,39)/t22-,30?/m0/s1. The fourth-order valence-electron chi connectivity index (χ4n) is 5.16. The number of urea groups is 1. The van der Waals surface area contributed by atoms with E-state index in [1.165, 1.54) is 37.7 Å². The second-order valence-corrected chi connectivity index (χ2v) is 10.2. The molecule has 4 N–H and O–H groups in total. The third-order valence-electron chi connectivity index (χ3n) is 7.40. The molecular formula is C32H37N3O4. The first-order valence-electron chi connectivity index (χ1n) is 13.7. The zero-order valence-electron chi connectivity index (χ0n) is 22.4. The van der Waals surface area contributed by atoms with Gasteiger partial charge >= 0.3 is 12.0 Å². The van der Waals surface area contributed by atoms with Crippen molar-refractivity contribution < 1.29 is 19.5 Å². The summed E-state index contributed by atoms with van der Waals surface area (Å²) in [6.45, 7) is 2.01. The van der Waals surface area contributed by atoms with Crippen LogP contribution in [0.5, 0.6) is 0 Å². The van der Waals surface area contributed by atoms with Gasteiger partial charge in [-0.05, 0) is 60.1 Å². The van der Waals surface area contributed by atoms with Gasteiger partial charge in [0.1, 0.15) is 0 Å². The summed E-state index contributed by atoms with van der Waals surface area (Å²) in [5, 5.41) is 17.6. The average molecular weight is 528 g/mol. The maximum Gasteiger partial charge on any atom is 0.316 e. The van der Waals surface area contributed by atoms with Gasteiger partial charge in [0.05, 0.1) is 18.5 Å². The van der Waals surface area contributed by atoms with Gasteiger partial charge in [-0.3, -0.25) is 9.59 Å². The maximum absolute atomic E-state index is 13.1. The first-order valence-corrected chi connectivity index (χ1v) is 13.7. The Morgan fingerprint density at radius 2 is 1.41 bits per heavy atom. The van der Waals surface area contributed by atoms with E-state index < -0.39 is 12.0 Å². The molecule has 0 spiro atoms. The Labute approximate surface area is 230 Å². The summed E-state index contributed by atoms with van der Waals surface area (Å²) < 4.78 is 0. The van der Waals surface area contributed by atoms with E-state index >= 15 is 0 Å². The summed E-state index contributed by atoms with van der Waals surface area (Å²) in [6.07, 6.45) is 6.15. The predicted octanol–water partition coefficient (Wildman–Crippen LogP) is 6.09. The van der Waals surface area contributed by atoms with Crippen molar-refractivity contribution in [2.75, 3.05) is 6.54 Å². The average Bonchev–Trinajstić information content (AvgIpc) is 2.97. The molecule has 2 atom stereocenters. The van der Waals surface area contributed by atoms with Crippen LogP contribution in [0, 0.1) is 0 Å². The minimum absolute atomic E-state index is 0.0627. The molecule has 3 aromatic carbocycles. The molecule has 3 aromatic rings. The first-order chi connectivity index (χ1) is 18.9. The van der Waals surface area contributed by atoms with E-state index in [0.29, 0.717) is 11.5 Å². The summed E-state index contributed by atoms with van der Waals surface area (Å²) in [7, 11) is 0. The summed E-state index contributed by atoms with van der Waals surface area (Å²) in [5.74, 6) is -0.708. The van der Waals surface area contributed by atoms with Crippen LogP contribution in [-0.2, 0) is 4.79 Å². The lowest BCUT2D eigenvalue weighted by molar-refractivity contribution is -0.136. The number of hydrogen-bond acceptors (Lipinski definition) is 3. The van der Waals surface area contributed by atoms with Gasteiger partial charge in [-0.2, -0.15) is 0 Å². The third kappa shape index (κ3) is 7.93. The van der Waals surface area contributed by atoms with Crippen LogP contribution in [0.4, 0.5) is 4.79 Å². The fraction of sp³-hybridized carbons (Fsp3) is 0.344. The van der Waals surface area contributed by atoms with Crippen LogP contribution in [0.3, 0.4) is 0 Å². The van der Waals surface area contributed by atoms with Crippen LogP contribution in [0.1, 0.15) is 96.1 Å². The van der Waals surface area contributed by atoms with Crippen LogP contribution in [0.15, 0.2) is 78.9 Å². The second-order valence-electron chi connectivity index (χ2n) is 10.2. The molecule has 0 saturated heterocycles. The number of carbonyl (C=O) groups excluding carboxylic acids is 2. The van der Waals surface area contributed by atoms with Gasteiger partial charge in [0.15, 0.2) is 0 Å². The van der Waals surface area contributed by atoms with Crippen LogP contribution in [0.25, 0.3) is 0 Å². The van der Waals surface area contributed by atoms with E-state index in [9.17, 15) is 14.4 Å². The van der Waals surface area contributed by atoms with E-state index in [2.05, 4.69) is 40.2 Å². The highest BCUT2D eigenvalue weighted by atomic mass is 16.4. The van der Waals surface area contributed by atoms with Crippen LogP contribution in [-0.4, -0.2) is 29.6 Å². The highest BCUT2D eigenvalue weighted by molar-refractivity contribution is 5.94. The van der Waals surface area contributed by atoms with Gasteiger partial charge in [-0.1, -0.05) is 86.0 Å². The second kappa shape index (κ2) is 13.6. The number of rotatable bonds is 10. The minimum atomic E-state index is -0.964. The molecule has 0 heterocycles. The molecular weight excluding hydrogens is 490 g/mol. The van der Waals surface area contributed by atoms with E-state index in [4.69, 9.17) is 5.11 Å². The topological polar surface area (TPSA) is 108 Å². The maximum atomic E-state index is 13.1. The number of carboxylic acid groups (broad SMARTS) is 1. The van der Waals surface area contributed by atoms with Crippen molar-refractivity contribution in [2.24, 2.45) is 0 Å². The molecule has 1 aliphatic rings. The van der Waals surface area contributed by atoms with Crippen molar-refractivity contribution in [3.63, 3.8) is 0 Å². The highest BCUT2D eigenvalue weighted by Crippen LogP contribution is 2.33. The molecule has 1 unspecified atom stereocenters. The van der Waals surface area contributed by atoms with Crippen molar-refractivity contribution in [3.8, 4) is 0 Å². The number of benzene rings is 3. The Morgan fingerprint density at radius 3 is 2.03 bits per heavy atom. The molecule has 1 aliphatic carbocycles. The van der Waals surface area contributed by atoms with E-state index in [1.807, 2.05) is 49.4 Å². The summed E-state index contributed by atoms with van der Waals surface area (Å²) >= 11 is 0. The molecule has 1 fully saturated rings. The Kier molecular flexibility index (Phi) is 9.73. The smallest absolute Gasteiger partial charge is 0.316 e. The predicted molar refractivity (Wildman–Crippen MR) is 152 cm³/mol. The van der Waals surface area contributed by atoms with Crippen LogP contribution in [0.2, 0.25) is 0 Å². The molecule has 4 rings (SSSR count). The Bertz CT molecular complexity index is 1240. The quantitative estimate of drug-likeness (QED) is 0.256.